The zero-order valence-electron chi connectivity index (χ0n) is 9.72. The lowest BCUT2D eigenvalue weighted by atomic mass is 10.3. The third-order valence-corrected chi connectivity index (χ3v) is 5.61. The normalized spacial score (nSPS) is 19.5. The average Bonchev–Trinajstić information content (AvgIpc) is 2.72. The summed E-state index contributed by atoms with van der Waals surface area (Å²) < 4.78 is 22.7. The number of anilines is 1. The molecule has 17 heavy (non-hydrogen) atoms. The fraction of sp³-hybridized carbons (Fsp3) is 0.700. The van der Waals surface area contributed by atoms with Crippen LogP contribution in [0.1, 0.15) is 17.5 Å². The molecule has 96 valence electrons. The van der Waals surface area contributed by atoms with E-state index in [1.807, 2.05) is 11.8 Å². The summed E-state index contributed by atoms with van der Waals surface area (Å²) in [5.41, 5.74) is 0.918. The second-order valence-corrected chi connectivity index (χ2v) is 7.38. The van der Waals surface area contributed by atoms with Gasteiger partial charge in [-0.15, -0.1) is 0 Å². The summed E-state index contributed by atoms with van der Waals surface area (Å²) in [5.74, 6) is 0.394. The average molecular weight is 276 g/mol. The number of thiazole rings is 1. The number of aryl methyl sites for hydroxylation is 1. The van der Waals surface area contributed by atoms with Crippen molar-refractivity contribution in [3.05, 3.63) is 10.6 Å². The zero-order valence-corrected chi connectivity index (χ0v) is 11.4. The highest BCUT2D eigenvalue weighted by molar-refractivity contribution is 7.91. The first-order valence-electron chi connectivity index (χ1n) is 5.60. The summed E-state index contributed by atoms with van der Waals surface area (Å²) in [4.78, 5) is 7.34. The molecular weight excluding hydrogens is 260 g/mol. The van der Waals surface area contributed by atoms with Crippen molar-refractivity contribution in [3.8, 4) is 0 Å². The van der Waals surface area contributed by atoms with Crippen LogP contribution in [-0.4, -0.2) is 43.1 Å². The topological polar surface area (TPSA) is 70.5 Å². The fourth-order valence-corrected chi connectivity index (χ4v) is 4.07. The smallest absolute Gasteiger partial charge is 0.185 e. The third kappa shape index (κ3) is 2.78. The van der Waals surface area contributed by atoms with E-state index in [9.17, 15) is 13.5 Å². The molecule has 2 rings (SSSR count). The Bertz CT molecular complexity index is 460. The van der Waals surface area contributed by atoms with Crippen LogP contribution < -0.4 is 4.90 Å². The molecule has 1 aromatic heterocycles. The lowest BCUT2D eigenvalue weighted by Gasteiger charge is -2.25. The van der Waals surface area contributed by atoms with Crippen LogP contribution in [0.5, 0.6) is 0 Å². The van der Waals surface area contributed by atoms with Crippen molar-refractivity contribution in [1.29, 1.82) is 0 Å². The van der Waals surface area contributed by atoms with Gasteiger partial charge in [0.1, 0.15) is 0 Å². The number of aliphatic hydroxyl groups is 1. The Kier molecular flexibility index (Phi) is 3.70. The van der Waals surface area contributed by atoms with E-state index in [1.165, 1.54) is 11.3 Å². The lowest BCUT2D eigenvalue weighted by Crippen LogP contribution is -2.40. The van der Waals surface area contributed by atoms with Crippen LogP contribution in [0.25, 0.3) is 0 Å². The van der Waals surface area contributed by atoms with Crippen LogP contribution in [0.3, 0.4) is 0 Å². The third-order valence-electron chi connectivity index (χ3n) is 2.86. The maximum atomic E-state index is 11.3. The van der Waals surface area contributed by atoms with E-state index < -0.39 is 9.84 Å². The minimum absolute atomic E-state index is 0.00692. The highest BCUT2D eigenvalue weighted by Crippen LogP contribution is 2.27. The number of hydrogen-bond donors (Lipinski definition) is 1. The van der Waals surface area contributed by atoms with Gasteiger partial charge in [0.25, 0.3) is 0 Å². The van der Waals surface area contributed by atoms with Gasteiger partial charge in [0.15, 0.2) is 15.0 Å². The Balaban J connectivity index is 2.16. The highest BCUT2D eigenvalue weighted by atomic mass is 32.2. The quantitative estimate of drug-likeness (QED) is 0.867. The van der Waals surface area contributed by atoms with Gasteiger partial charge in [-0.05, 0) is 6.42 Å². The zero-order chi connectivity index (χ0) is 12.5. The van der Waals surface area contributed by atoms with Crippen molar-refractivity contribution in [2.75, 3.05) is 29.5 Å². The monoisotopic (exact) mass is 276 g/mol. The molecule has 1 aliphatic rings. The number of hydrogen-bond acceptors (Lipinski definition) is 6. The number of nitrogens with zero attached hydrogens (tertiary/aromatic N) is 2. The molecule has 0 aromatic carbocycles. The van der Waals surface area contributed by atoms with Crippen LogP contribution >= 0.6 is 11.3 Å². The van der Waals surface area contributed by atoms with Crippen molar-refractivity contribution >= 4 is 26.3 Å². The van der Waals surface area contributed by atoms with E-state index in [4.69, 9.17) is 0 Å². The first-order chi connectivity index (χ1) is 8.05. The largest absolute Gasteiger partial charge is 0.391 e. The molecule has 1 N–H and O–H groups in total. The first-order valence-corrected chi connectivity index (χ1v) is 8.24. The van der Waals surface area contributed by atoms with Crippen molar-refractivity contribution in [2.45, 2.75) is 20.0 Å². The maximum absolute atomic E-state index is 11.3. The van der Waals surface area contributed by atoms with E-state index in [2.05, 4.69) is 4.98 Å². The number of aromatic nitrogens is 1. The van der Waals surface area contributed by atoms with Crippen LogP contribution in [0.2, 0.25) is 0 Å². The van der Waals surface area contributed by atoms with Gasteiger partial charge in [-0.25, -0.2) is 13.4 Å². The predicted octanol–water partition coefficient (Wildman–Crippen LogP) is 0.433. The van der Waals surface area contributed by atoms with Crippen LogP contribution in [0, 0.1) is 0 Å². The molecule has 1 aliphatic heterocycles. The molecule has 0 bridgehead atoms. The fourth-order valence-electron chi connectivity index (χ4n) is 1.81. The van der Waals surface area contributed by atoms with Gasteiger partial charge in [0.2, 0.25) is 0 Å². The molecule has 7 heteroatoms. The molecular formula is C10H16N2O3S2. The molecule has 0 aliphatic carbocycles. The molecule has 0 amide bonds. The molecule has 1 saturated heterocycles. The number of rotatable bonds is 3. The van der Waals surface area contributed by atoms with E-state index in [0.717, 1.165) is 22.1 Å². The summed E-state index contributed by atoms with van der Waals surface area (Å²) in [6.07, 6.45) is 0.790. The molecule has 0 atom stereocenters. The van der Waals surface area contributed by atoms with E-state index >= 15 is 0 Å². The molecule has 0 unspecified atom stereocenters. The van der Waals surface area contributed by atoms with Crippen molar-refractivity contribution in [1.82, 2.24) is 4.98 Å². The summed E-state index contributed by atoms with van der Waals surface area (Å²) in [6.45, 7) is 3.01. The van der Waals surface area contributed by atoms with Crippen molar-refractivity contribution < 1.29 is 13.5 Å². The first kappa shape index (κ1) is 12.8. The van der Waals surface area contributed by atoms with Gasteiger partial charge in [0, 0.05) is 13.1 Å². The molecule has 0 saturated carbocycles. The van der Waals surface area contributed by atoms with E-state index in [1.54, 1.807) is 0 Å². The lowest BCUT2D eigenvalue weighted by molar-refractivity contribution is 0.284. The molecule has 0 spiro atoms. The Morgan fingerprint density at radius 2 is 2.06 bits per heavy atom. The van der Waals surface area contributed by atoms with Gasteiger partial charge in [-0.1, -0.05) is 18.3 Å². The predicted molar refractivity (Wildman–Crippen MR) is 68.3 cm³/mol. The number of sulfone groups is 1. The SMILES string of the molecule is CCc1nc(N2CCS(=O)(=O)CC2)sc1CO. The highest BCUT2D eigenvalue weighted by Gasteiger charge is 2.24. The van der Waals surface area contributed by atoms with Gasteiger partial charge in [-0.3, -0.25) is 0 Å². The minimum atomic E-state index is -2.85. The maximum Gasteiger partial charge on any atom is 0.185 e. The van der Waals surface area contributed by atoms with Gasteiger partial charge in [-0.2, -0.15) is 0 Å². The van der Waals surface area contributed by atoms with Gasteiger partial charge >= 0.3 is 0 Å². The van der Waals surface area contributed by atoms with Crippen LogP contribution in [0.4, 0.5) is 5.13 Å². The summed E-state index contributed by atoms with van der Waals surface area (Å²) >= 11 is 1.46. The second-order valence-electron chi connectivity index (χ2n) is 4.02. The summed E-state index contributed by atoms with van der Waals surface area (Å²) in [6, 6.07) is 0. The Morgan fingerprint density at radius 3 is 2.53 bits per heavy atom. The van der Waals surface area contributed by atoms with Crippen LogP contribution in [-0.2, 0) is 22.9 Å². The standard InChI is InChI=1S/C10H16N2O3S2/c1-2-8-9(7-13)16-10(11-8)12-3-5-17(14,15)6-4-12/h13H,2-7H2,1H3. The molecule has 2 heterocycles. The Hall–Kier alpha value is -0.660. The summed E-state index contributed by atoms with van der Waals surface area (Å²) in [5, 5.41) is 10.0. The van der Waals surface area contributed by atoms with Crippen molar-refractivity contribution in [3.63, 3.8) is 0 Å². The molecule has 5 nitrogen and oxygen atoms in total. The molecule has 0 radical (unpaired) electrons. The molecule has 1 aromatic rings. The van der Waals surface area contributed by atoms with E-state index in [-0.39, 0.29) is 18.1 Å². The second kappa shape index (κ2) is 4.91. The number of aliphatic hydroxyl groups excluding tert-OH is 1. The van der Waals surface area contributed by atoms with Crippen molar-refractivity contribution in [2.24, 2.45) is 0 Å². The van der Waals surface area contributed by atoms with Crippen LogP contribution in [0.15, 0.2) is 0 Å². The minimum Gasteiger partial charge on any atom is -0.391 e. The molecule has 1 fully saturated rings. The Labute approximate surface area is 105 Å². The van der Waals surface area contributed by atoms with Gasteiger partial charge < -0.3 is 10.0 Å². The summed E-state index contributed by atoms with van der Waals surface area (Å²) in [7, 11) is -2.85. The Morgan fingerprint density at radius 1 is 1.41 bits per heavy atom. The van der Waals surface area contributed by atoms with Gasteiger partial charge in [0.05, 0.1) is 28.7 Å². The van der Waals surface area contributed by atoms with E-state index in [0.29, 0.717) is 13.1 Å².